The largest absolute Gasteiger partial charge is 0.381 e. The number of hydrogen-bond acceptors (Lipinski definition) is 5. The first kappa shape index (κ1) is 30.2. The normalized spacial score (nSPS) is 11.6. The third kappa shape index (κ3) is 14.3. The lowest BCUT2D eigenvalue weighted by molar-refractivity contribution is 0.128. The zero-order chi connectivity index (χ0) is 24.8. The van der Waals surface area contributed by atoms with Crippen LogP contribution < -0.4 is 0 Å². The fourth-order valence-electron chi connectivity index (χ4n) is 4.49. The third-order valence-corrected chi connectivity index (χ3v) is 7.44. The van der Waals surface area contributed by atoms with Crippen molar-refractivity contribution in [3.63, 3.8) is 0 Å². The highest BCUT2D eigenvalue weighted by Gasteiger charge is 2.10. The Morgan fingerprint density at radius 3 is 1.29 bits per heavy atom. The minimum Gasteiger partial charge on any atom is -0.381 e. The van der Waals surface area contributed by atoms with Crippen LogP contribution >= 0.6 is 11.3 Å². The first-order valence-corrected chi connectivity index (χ1v) is 15.7. The number of aromatic nitrogens is 2. The molecule has 0 atom stereocenters. The Labute approximate surface area is 219 Å². The third-order valence-electron chi connectivity index (χ3n) is 6.72. The highest BCUT2D eigenvalue weighted by molar-refractivity contribution is 7.09. The second-order valence-electron chi connectivity index (χ2n) is 9.93. The molecule has 35 heavy (non-hydrogen) atoms. The molecule has 0 bridgehead atoms. The number of thiophene rings is 1. The van der Waals surface area contributed by atoms with Gasteiger partial charge in [-0.3, -0.25) is 0 Å². The lowest BCUT2D eigenvalue weighted by atomic mass is 10.1. The highest BCUT2D eigenvalue weighted by Crippen LogP contribution is 2.18. The monoisotopic (exact) mass is 504 g/mol. The maximum absolute atomic E-state index is 5.95. The van der Waals surface area contributed by atoms with Crippen LogP contribution in [0.25, 0.3) is 11.0 Å². The summed E-state index contributed by atoms with van der Waals surface area (Å²) in [6.45, 7) is 7.73. The maximum atomic E-state index is 5.95. The van der Waals surface area contributed by atoms with Gasteiger partial charge in [-0.1, -0.05) is 104 Å². The molecular formula is C30H52N2O2S. The molecule has 2 aromatic rings. The van der Waals surface area contributed by atoms with Gasteiger partial charge >= 0.3 is 0 Å². The molecule has 200 valence electrons. The second kappa shape index (κ2) is 21.1. The van der Waals surface area contributed by atoms with Gasteiger partial charge in [0.2, 0.25) is 0 Å². The van der Waals surface area contributed by atoms with Crippen molar-refractivity contribution in [2.75, 3.05) is 26.4 Å². The van der Waals surface area contributed by atoms with Crippen molar-refractivity contribution in [1.82, 2.24) is 9.97 Å². The zero-order valence-electron chi connectivity index (χ0n) is 22.8. The summed E-state index contributed by atoms with van der Waals surface area (Å²) < 4.78 is 11.9. The lowest BCUT2D eigenvalue weighted by Gasteiger charge is -2.10. The van der Waals surface area contributed by atoms with Gasteiger partial charge in [-0.15, -0.1) is 11.3 Å². The standard InChI is InChI=1S/C30H52N2O2S/c1-3-5-7-9-11-13-15-17-21-33-23-19-27-28(32-30-26-35-25-29(30)31-27)20-24-34-22-18-16-14-12-10-8-6-4-2/h25-26H,3-24H2,1-2H3. The Hall–Kier alpha value is -1.04. The Balaban J connectivity index is 1.58. The smallest absolute Gasteiger partial charge is 0.0997 e. The van der Waals surface area contributed by atoms with Crippen LogP contribution in [0.4, 0.5) is 0 Å². The molecule has 0 spiro atoms. The van der Waals surface area contributed by atoms with Crippen molar-refractivity contribution in [2.24, 2.45) is 0 Å². The van der Waals surface area contributed by atoms with Gasteiger partial charge in [-0.25, -0.2) is 9.97 Å². The van der Waals surface area contributed by atoms with Gasteiger partial charge in [-0.05, 0) is 12.8 Å². The highest BCUT2D eigenvalue weighted by atomic mass is 32.1. The molecule has 2 rings (SSSR count). The van der Waals surface area contributed by atoms with Crippen LogP contribution in [0.3, 0.4) is 0 Å². The van der Waals surface area contributed by atoms with Gasteiger partial charge < -0.3 is 9.47 Å². The summed E-state index contributed by atoms with van der Waals surface area (Å²) in [5.74, 6) is 0. The molecule has 0 N–H and O–H groups in total. The molecular weight excluding hydrogens is 452 g/mol. The molecule has 2 aromatic heterocycles. The summed E-state index contributed by atoms with van der Waals surface area (Å²) >= 11 is 1.67. The topological polar surface area (TPSA) is 44.2 Å². The molecule has 2 heterocycles. The molecule has 0 radical (unpaired) electrons. The van der Waals surface area contributed by atoms with E-state index < -0.39 is 0 Å². The fraction of sp³-hybridized carbons (Fsp3) is 0.800. The molecule has 0 aliphatic heterocycles. The van der Waals surface area contributed by atoms with E-state index in [-0.39, 0.29) is 0 Å². The molecule has 0 fully saturated rings. The number of rotatable bonds is 24. The van der Waals surface area contributed by atoms with Crippen LogP contribution in [-0.4, -0.2) is 36.4 Å². The molecule has 0 aliphatic rings. The van der Waals surface area contributed by atoms with E-state index in [2.05, 4.69) is 24.6 Å². The number of ether oxygens (including phenoxy) is 2. The molecule has 0 aliphatic carbocycles. The number of nitrogens with zero attached hydrogens (tertiary/aromatic N) is 2. The van der Waals surface area contributed by atoms with Crippen LogP contribution in [0.15, 0.2) is 10.8 Å². The average molecular weight is 505 g/mol. The number of fused-ring (bicyclic) bond motifs is 1. The van der Waals surface area contributed by atoms with Crippen molar-refractivity contribution in [1.29, 1.82) is 0 Å². The summed E-state index contributed by atoms with van der Waals surface area (Å²) in [6.07, 6.45) is 23.0. The van der Waals surface area contributed by atoms with Crippen LogP contribution in [0.5, 0.6) is 0 Å². The SMILES string of the molecule is CCCCCCCCCCOCCc1nc2cscc2nc1CCOCCCCCCCCCC. The molecule has 0 saturated carbocycles. The Morgan fingerprint density at radius 2 is 0.886 bits per heavy atom. The van der Waals surface area contributed by atoms with Crippen molar-refractivity contribution in [3.05, 3.63) is 22.1 Å². The van der Waals surface area contributed by atoms with Crippen LogP contribution in [0.2, 0.25) is 0 Å². The van der Waals surface area contributed by atoms with E-state index in [1.165, 1.54) is 103 Å². The minimum atomic E-state index is 0.729. The Bertz CT molecular complexity index is 689. The van der Waals surface area contributed by atoms with Gasteiger partial charge in [0.15, 0.2) is 0 Å². The van der Waals surface area contributed by atoms with E-state index >= 15 is 0 Å². The first-order chi connectivity index (χ1) is 17.3. The maximum Gasteiger partial charge on any atom is 0.0997 e. The van der Waals surface area contributed by atoms with Crippen molar-refractivity contribution >= 4 is 22.4 Å². The van der Waals surface area contributed by atoms with Gasteiger partial charge in [0.05, 0.1) is 35.6 Å². The van der Waals surface area contributed by atoms with Crippen molar-refractivity contribution in [2.45, 2.75) is 129 Å². The number of unbranched alkanes of at least 4 members (excludes halogenated alkanes) is 14. The van der Waals surface area contributed by atoms with E-state index in [1.807, 2.05) is 0 Å². The summed E-state index contributed by atoms with van der Waals surface area (Å²) in [4.78, 5) is 9.80. The number of hydrogen-bond donors (Lipinski definition) is 0. The van der Waals surface area contributed by atoms with Crippen molar-refractivity contribution < 1.29 is 9.47 Å². The molecule has 5 heteroatoms. The minimum absolute atomic E-state index is 0.729. The molecule has 0 aromatic carbocycles. The average Bonchev–Trinajstić information content (AvgIpc) is 3.33. The summed E-state index contributed by atoms with van der Waals surface area (Å²) in [5, 5.41) is 4.19. The fourth-order valence-corrected chi connectivity index (χ4v) is 5.16. The lowest BCUT2D eigenvalue weighted by Crippen LogP contribution is -2.10. The molecule has 0 saturated heterocycles. The van der Waals surface area contributed by atoms with E-state index in [0.717, 1.165) is 61.7 Å². The molecule has 0 unspecified atom stereocenters. The van der Waals surface area contributed by atoms with Gasteiger partial charge in [0.1, 0.15) is 0 Å². The predicted octanol–water partition coefficient (Wildman–Crippen LogP) is 9.09. The summed E-state index contributed by atoms with van der Waals surface area (Å²) in [6, 6.07) is 0. The van der Waals surface area contributed by atoms with E-state index in [1.54, 1.807) is 11.3 Å². The quantitative estimate of drug-likeness (QED) is 0.134. The van der Waals surface area contributed by atoms with Crippen LogP contribution in [-0.2, 0) is 22.3 Å². The Morgan fingerprint density at radius 1 is 0.514 bits per heavy atom. The van der Waals surface area contributed by atoms with E-state index in [9.17, 15) is 0 Å². The predicted molar refractivity (Wildman–Crippen MR) is 152 cm³/mol. The van der Waals surface area contributed by atoms with Crippen LogP contribution in [0.1, 0.15) is 128 Å². The van der Waals surface area contributed by atoms with E-state index in [0.29, 0.717) is 0 Å². The summed E-state index contributed by atoms with van der Waals surface area (Å²) in [5.41, 5.74) is 4.19. The van der Waals surface area contributed by atoms with Crippen molar-refractivity contribution in [3.8, 4) is 0 Å². The summed E-state index contributed by atoms with van der Waals surface area (Å²) in [7, 11) is 0. The van der Waals surface area contributed by atoms with Gasteiger partial charge in [-0.2, -0.15) is 0 Å². The van der Waals surface area contributed by atoms with E-state index in [4.69, 9.17) is 19.4 Å². The first-order valence-electron chi connectivity index (χ1n) is 14.7. The van der Waals surface area contributed by atoms with Crippen LogP contribution in [0, 0.1) is 0 Å². The second-order valence-corrected chi connectivity index (χ2v) is 10.7. The molecule has 4 nitrogen and oxygen atoms in total. The zero-order valence-corrected chi connectivity index (χ0v) is 23.6. The van der Waals surface area contributed by atoms with Gasteiger partial charge in [0, 0.05) is 36.8 Å². The van der Waals surface area contributed by atoms with Gasteiger partial charge in [0.25, 0.3) is 0 Å². The molecule has 0 amide bonds. The Kier molecular flexibility index (Phi) is 18.2.